The Morgan fingerprint density at radius 1 is 0.857 bits per heavy atom. The van der Waals surface area contributed by atoms with Crippen LogP contribution in [0.25, 0.3) is 0 Å². The molecule has 0 heterocycles. The van der Waals surface area contributed by atoms with E-state index in [2.05, 4.69) is 74.5 Å². The van der Waals surface area contributed by atoms with Gasteiger partial charge in [0.2, 0.25) is 0 Å². The Labute approximate surface area is 129 Å². The van der Waals surface area contributed by atoms with Gasteiger partial charge in [-0.1, -0.05) is 74.5 Å². The fraction of sp³-hybridized carbons (Fsp3) is 0.400. The Bertz CT molecular complexity index is 490. The van der Waals surface area contributed by atoms with E-state index in [4.69, 9.17) is 4.74 Å². The molecule has 0 aliphatic carbocycles. The molecular formula is C20H26O. The van der Waals surface area contributed by atoms with E-state index in [9.17, 15) is 0 Å². The molecular weight excluding hydrogens is 256 g/mol. The van der Waals surface area contributed by atoms with Crippen LogP contribution >= 0.6 is 0 Å². The van der Waals surface area contributed by atoms with Crippen molar-refractivity contribution in [2.45, 2.75) is 32.6 Å². The Balaban J connectivity index is 1.73. The molecule has 0 bridgehead atoms. The molecule has 0 saturated heterocycles. The van der Waals surface area contributed by atoms with Gasteiger partial charge in [-0.05, 0) is 29.9 Å². The van der Waals surface area contributed by atoms with Crippen molar-refractivity contribution in [2.75, 3.05) is 13.2 Å². The molecule has 1 atom stereocenters. The highest BCUT2D eigenvalue weighted by atomic mass is 16.5. The van der Waals surface area contributed by atoms with Crippen molar-refractivity contribution in [3.63, 3.8) is 0 Å². The van der Waals surface area contributed by atoms with E-state index >= 15 is 0 Å². The van der Waals surface area contributed by atoms with Crippen molar-refractivity contribution in [1.82, 2.24) is 0 Å². The minimum absolute atomic E-state index is 0.489. The molecule has 0 aliphatic rings. The van der Waals surface area contributed by atoms with E-state index in [1.807, 2.05) is 0 Å². The van der Waals surface area contributed by atoms with Gasteiger partial charge in [-0.25, -0.2) is 0 Å². The minimum Gasteiger partial charge on any atom is -0.381 e. The number of ether oxygens (including phenoxy) is 1. The molecule has 0 saturated carbocycles. The molecule has 0 fully saturated rings. The molecule has 0 amide bonds. The summed E-state index contributed by atoms with van der Waals surface area (Å²) in [6, 6.07) is 21.3. The molecule has 1 unspecified atom stereocenters. The van der Waals surface area contributed by atoms with E-state index in [0.29, 0.717) is 11.8 Å². The molecule has 0 N–H and O–H groups in total. The van der Waals surface area contributed by atoms with Crippen molar-refractivity contribution < 1.29 is 4.74 Å². The van der Waals surface area contributed by atoms with Crippen LogP contribution in [0.15, 0.2) is 60.7 Å². The third-order valence-corrected chi connectivity index (χ3v) is 3.93. The van der Waals surface area contributed by atoms with Crippen LogP contribution in [0, 0.1) is 5.92 Å². The standard InChI is InChI=1S/C20H26O/c1-17(2)20(19-13-7-4-8-14-19)16-21-15-9-12-18-10-5-3-6-11-18/h3-8,10-11,13-14,17,20H,9,12,15-16H2,1-2H3. The molecule has 0 radical (unpaired) electrons. The van der Waals surface area contributed by atoms with E-state index in [0.717, 1.165) is 26.1 Å². The largest absolute Gasteiger partial charge is 0.381 e. The fourth-order valence-electron chi connectivity index (χ4n) is 2.61. The summed E-state index contributed by atoms with van der Waals surface area (Å²) in [5, 5.41) is 0. The monoisotopic (exact) mass is 282 g/mol. The highest BCUT2D eigenvalue weighted by Crippen LogP contribution is 2.24. The number of aryl methyl sites for hydroxylation is 1. The first kappa shape index (κ1) is 15.8. The quantitative estimate of drug-likeness (QED) is 0.614. The lowest BCUT2D eigenvalue weighted by molar-refractivity contribution is 0.106. The molecule has 0 aliphatic heterocycles. The third kappa shape index (κ3) is 5.35. The summed E-state index contributed by atoms with van der Waals surface area (Å²) in [5.74, 6) is 1.09. The zero-order valence-electron chi connectivity index (χ0n) is 13.2. The molecule has 2 rings (SSSR count). The number of hydrogen-bond donors (Lipinski definition) is 0. The Morgan fingerprint density at radius 2 is 1.48 bits per heavy atom. The summed E-state index contributed by atoms with van der Waals surface area (Å²) in [6.45, 7) is 6.19. The molecule has 1 nitrogen and oxygen atoms in total. The third-order valence-electron chi connectivity index (χ3n) is 3.93. The van der Waals surface area contributed by atoms with Crippen LogP contribution in [0.3, 0.4) is 0 Å². The Kier molecular flexibility index (Phi) is 6.49. The van der Waals surface area contributed by atoms with Gasteiger partial charge in [0, 0.05) is 12.5 Å². The first-order valence-corrected chi connectivity index (χ1v) is 7.94. The van der Waals surface area contributed by atoms with Crippen LogP contribution in [-0.2, 0) is 11.2 Å². The van der Waals surface area contributed by atoms with Crippen molar-refractivity contribution >= 4 is 0 Å². The van der Waals surface area contributed by atoms with Gasteiger partial charge in [0.1, 0.15) is 0 Å². The van der Waals surface area contributed by atoms with Crippen molar-refractivity contribution in [1.29, 1.82) is 0 Å². The summed E-state index contributed by atoms with van der Waals surface area (Å²) in [6.07, 6.45) is 2.18. The van der Waals surface area contributed by atoms with Gasteiger partial charge in [-0.2, -0.15) is 0 Å². The summed E-state index contributed by atoms with van der Waals surface area (Å²) in [5.41, 5.74) is 2.78. The highest BCUT2D eigenvalue weighted by Gasteiger charge is 2.15. The van der Waals surface area contributed by atoms with Gasteiger partial charge in [-0.15, -0.1) is 0 Å². The fourth-order valence-corrected chi connectivity index (χ4v) is 2.61. The highest BCUT2D eigenvalue weighted by molar-refractivity contribution is 5.20. The summed E-state index contributed by atoms with van der Waals surface area (Å²) in [7, 11) is 0. The average molecular weight is 282 g/mol. The molecule has 0 spiro atoms. The van der Waals surface area contributed by atoms with E-state index < -0.39 is 0 Å². The molecule has 112 valence electrons. The summed E-state index contributed by atoms with van der Waals surface area (Å²) in [4.78, 5) is 0. The van der Waals surface area contributed by atoms with Crippen LogP contribution < -0.4 is 0 Å². The second kappa shape index (κ2) is 8.63. The summed E-state index contributed by atoms with van der Waals surface area (Å²) < 4.78 is 5.93. The van der Waals surface area contributed by atoms with E-state index in [1.165, 1.54) is 11.1 Å². The van der Waals surface area contributed by atoms with Crippen molar-refractivity contribution in [3.8, 4) is 0 Å². The van der Waals surface area contributed by atoms with Gasteiger partial charge in [0.25, 0.3) is 0 Å². The van der Waals surface area contributed by atoms with Gasteiger partial charge < -0.3 is 4.74 Å². The van der Waals surface area contributed by atoms with Crippen LogP contribution in [0.5, 0.6) is 0 Å². The lowest BCUT2D eigenvalue weighted by Gasteiger charge is -2.21. The average Bonchev–Trinajstić information content (AvgIpc) is 2.52. The van der Waals surface area contributed by atoms with Crippen LogP contribution in [0.1, 0.15) is 37.3 Å². The van der Waals surface area contributed by atoms with Gasteiger partial charge in [0.05, 0.1) is 6.61 Å². The molecule has 2 aromatic rings. The van der Waals surface area contributed by atoms with E-state index in [1.54, 1.807) is 0 Å². The van der Waals surface area contributed by atoms with Crippen LogP contribution in [0.4, 0.5) is 0 Å². The normalized spacial score (nSPS) is 12.5. The maximum Gasteiger partial charge on any atom is 0.0537 e. The predicted octanol–water partition coefficient (Wildman–Crippen LogP) is 5.08. The smallest absolute Gasteiger partial charge is 0.0537 e. The van der Waals surface area contributed by atoms with Crippen molar-refractivity contribution in [2.24, 2.45) is 5.92 Å². The molecule has 1 heteroatoms. The maximum atomic E-state index is 5.93. The second-order valence-electron chi connectivity index (χ2n) is 5.93. The van der Waals surface area contributed by atoms with Gasteiger partial charge in [-0.3, -0.25) is 0 Å². The lowest BCUT2D eigenvalue weighted by atomic mass is 9.89. The number of hydrogen-bond acceptors (Lipinski definition) is 1. The lowest BCUT2D eigenvalue weighted by Crippen LogP contribution is -2.14. The molecule has 21 heavy (non-hydrogen) atoms. The SMILES string of the molecule is CC(C)C(COCCCc1ccccc1)c1ccccc1. The van der Waals surface area contributed by atoms with Gasteiger partial charge >= 0.3 is 0 Å². The van der Waals surface area contributed by atoms with Crippen molar-refractivity contribution in [3.05, 3.63) is 71.8 Å². The van der Waals surface area contributed by atoms with Crippen LogP contribution in [-0.4, -0.2) is 13.2 Å². The zero-order valence-corrected chi connectivity index (χ0v) is 13.2. The molecule has 0 aromatic heterocycles. The first-order valence-electron chi connectivity index (χ1n) is 7.94. The van der Waals surface area contributed by atoms with E-state index in [-0.39, 0.29) is 0 Å². The predicted molar refractivity (Wildman–Crippen MR) is 89.6 cm³/mol. The Morgan fingerprint density at radius 3 is 2.10 bits per heavy atom. The maximum absolute atomic E-state index is 5.93. The number of benzene rings is 2. The Hall–Kier alpha value is -1.60. The van der Waals surface area contributed by atoms with Gasteiger partial charge in [0.15, 0.2) is 0 Å². The topological polar surface area (TPSA) is 9.23 Å². The zero-order chi connectivity index (χ0) is 14.9. The minimum atomic E-state index is 0.489. The summed E-state index contributed by atoms with van der Waals surface area (Å²) >= 11 is 0. The first-order chi connectivity index (χ1) is 10.3. The molecule has 2 aromatic carbocycles. The van der Waals surface area contributed by atoms with Crippen LogP contribution in [0.2, 0.25) is 0 Å². The number of rotatable bonds is 8. The second-order valence-corrected chi connectivity index (χ2v) is 5.93.